The van der Waals surface area contributed by atoms with Crippen LogP contribution in [0.1, 0.15) is 35.6 Å². The van der Waals surface area contributed by atoms with E-state index in [2.05, 4.69) is 11.0 Å². The lowest BCUT2D eigenvalue weighted by Crippen LogP contribution is -2.24. The monoisotopic (exact) mass is 395 g/mol. The number of likely N-dealkylation sites (tertiary alicyclic amines) is 1. The van der Waals surface area contributed by atoms with E-state index in [0.29, 0.717) is 17.7 Å². The molecule has 1 aromatic heterocycles. The number of fused-ring (bicyclic) bond motifs is 1. The Bertz CT molecular complexity index is 1100. The summed E-state index contributed by atoms with van der Waals surface area (Å²) in [7, 11) is 3.31. The number of aryl methyl sites for hydroxylation is 1. The molecular weight excluding hydrogens is 370 g/mol. The van der Waals surface area contributed by atoms with Crippen LogP contribution in [0.15, 0.2) is 45.6 Å². The first-order chi connectivity index (χ1) is 14.0. The maximum absolute atomic E-state index is 12.2. The average molecular weight is 395 g/mol. The van der Waals surface area contributed by atoms with Gasteiger partial charge in [-0.3, -0.25) is 4.90 Å². The number of benzene rings is 2. The highest BCUT2D eigenvalue weighted by atomic mass is 16.5. The lowest BCUT2D eigenvalue weighted by Gasteiger charge is -2.27. The molecule has 6 nitrogen and oxygen atoms in total. The molecule has 3 aromatic rings. The van der Waals surface area contributed by atoms with Crippen LogP contribution in [0.2, 0.25) is 0 Å². The van der Waals surface area contributed by atoms with Crippen LogP contribution in [0.25, 0.3) is 11.0 Å². The number of rotatable bonds is 5. The molecule has 1 saturated heterocycles. The van der Waals surface area contributed by atoms with Crippen LogP contribution in [0.4, 0.5) is 0 Å². The fourth-order valence-corrected chi connectivity index (χ4v) is 4.23. The fraction of sp³-hybridized carbons (Fsp3) is 0.348. The summed E-state index contributed by atoms with van der Waals surface area (Å²) < 4.78 is 16.3. The highest BCUT2D eigenvalue weighted by molar-refractivity contribution is 5.84. The van der Waals surface area contributed by atoms with Gasteiger partial charge in [-0.15, -0.1) is 0 Å². The van der Waals surface area contributed by atoms with Crippen molar-refractivity contribution in [1.29, 1.82) is 0 Å². The van der Waals surface area contributed by atoms with Crippen LogP contribution in [0.5, 0.6) is 17.2 Å². The zero-order valence-corrected chi connectivity index (χ0v) is 16.9. The predicted octanol–water partition coefficient (Wildman–Crippen LogP) is 4.16. The number of nitrogens with zero attached hydrogens (tertiary/aromatic N) is 1. The minimum absolute atomic E-state index is 0.125. The SMILES string of the molecule is COc1ccc([C@H]2CCCN2Cc2cc(=O)oc3c(C)c(O)ccc23)c(OC)c1. The van der Waals surface area contributed by atoms with E-state index in [1.807, 2.05) is 18.2 Å². The lowest BCUT2D eigenvalue weighted by atomic mass is 10.0. The lowest BCUT2D eigenvalue weighted by molar-refractivity contribution is 0.243. The summed E-state index contributed by atoms with van der Waals surface area (Å²) in [4.78, 5) is 14.5. The Labute approximate surface area is 169 Å². The van der Waals surface area contributed by atoms with Gasteiger partial charge < -0.3 is 19.0 Å². The molecule has 29 heavy (non-hydrogen) atoms. The van der Waals surface area contributed by atoms with Gasteiger partial charge in [0, 0.05) is 41.2 Å². The van der Waals surface area contributed by atoms with Crippen LogP contribution in [-0.2, 0) is 6.54 Å². The highest BCUT2D eigenvalue weighted by Crippen LogP contribution is 2.40. The Kier molecular flexibility index (Phi) is 5.20. The van der Waals surface area contributed by atoms with E-state index in [9.17, 15) is 9.90 Å². The van der Waals surface area contributed by atoms with Gasteiger partial charge >= 0.3 is 5.63 Å². The Morgan fingerprint density at radius 1 is 1.17 bits per heavy atom. The summed E-state index contributed by atoms with van der Waals surface area (Å²) in [5.74, 6) is 1.69. The van der Waals surface area contributed by atoms with Gasteiger partial charge in [0.05, 0.1) is 14.2 Å². The van der Waals surface area contributed by atoms with Crippen molar-refractivity contribution in [3.63, 3.8) is 0 Å². The maximum Gasteiger partial charge on any atom is 0.336 e. The van der Waals surface area contributed by atoms with E-state index >= 15 is 0 Å². The quantitative estimate of drug-likeness (QED) is 0.654. The largest absolute Gasteiger partial charge is 0.508 e. The molecule has 0 spiro atoms. The number of ether oxygens (including phenoxy) is 2. The van der Waals surface area contributed by atoms with E-state index in [-0.39, 0.29) is 11.8 Å². The third kappa shape index (κ3) is 3.56. The Balaban J connectivity index is 1.72. The molecule has 2 aromatic carbocycles. The summed E-state index contributed by atoms with van der Waals surface area (Å²) in [6.45, 7) is 3.30. The van der Waals surface area contributed by atoms with E-state index in [0.717, 1.165) is 47.4 Å². The first-order valence-corrected chi connectivity index (χ1v) is 9.73. The molecule has 0 amide bonds. The van der Waals surface area contributed by atoms with Crippen LogP contribution < -0.4 is 15.1 Å². The number of hydrogen-bond donors (Lipinski definition) is 1. The number of methoxy groups -OCH3 is 2. The summed E-state index contributed by atoms with van der Waals surface area (Å²) in [6.07, 6.45) is 2.08. The first-order valence-electron chi connectivity index (χ1n) is 9.73. The van der Waals surface area contributed by atoms with Crippen molar-refractivity contribution in [3.8, 4) is 17.2 Å². The summed E-state index contributed by atoms with van der Waals surface area (Å²) >= 11 is 0. The van der Waals surface area contributed by atoms with Gasteiger partial charge in [0.15, 0.2) is 0 Å². The van der Waals surface area contributed by atoms with Crippen molar-refractivity contribution in [1.82, 2.24) is 4.90 Å². The van der Waals surface area contributed by atoms with Gasteiger partial charge in [0.25, 0.3) is 0 Å². The van der Waals surface area contributed by atoms with Gasteiger partial charge in [-0.05, 0) is 50.1 Å². The number of phenols is 1. The molecule has 4 rings (SSSR count). The van der Waals surface area contributed by atoms with Crippen molar-refractivity contribution in [2.75, 3.05) is 20.8 Å². The molecule has 1 N–H and O–H groups in total. The molecule has 1 aliphatic heterocycles. The third-order valence-corrected chi connectivity index (χ3v) is 5.75. The molecule has 152 valence electrons. The number of phenolic OH excluding ortho intramolecular Hbond substituents is 1. The second-order valence-electron chi connectivity index (χ2n) is 7.41. The molecule has 2 heterocycles. The van der Waals surface area contributed by atoms with Crippen LogP contribution in [0.3, 0.4) is 0 Å². The van der Waals surface area contributed by atoms with Crippen molar-refractivity contribution in [3.05, 3.63) is 63.5 Å². The van der Waals surface area contributed by atoms with Gasteiger partial charge in [-0.2, -0.15) is 0 Å². The maximum atomic E-state index is 12.2. The zero-order chi connectivity index (χ0) is 20.5. The zero-order valence-electron chi connectivity index (χ0n) is 16.9. The van der Waals surface area contributed by atoms with Gasteiger partial charge in [0.2, 0.25) is 0 Å². The second kappa shape index (κ2) is 7.79. The molecule has 0 bridgehead atoms. The summed E-state index contributed by atoms with van der Waals surface area (Å²) in [5.41, 5.74) is 2.64. The van der Waals surface area contributed by atoms with Crippen molar-refractivity contribution < 1.29 is 19.0 Å². The molecule has 0 saturated carbocycles. The fourth-order valence-electron chi connectivity index (χ4n) is 4.23. The van der Waals surface area contributed by atoms with Crippen LogP contribution in [-0.4, -0.2) is 30.8 Å². The minimum Gasteiger partial charge on any atom is -0.508 e. The minimum atomic E-state index is -0.404. The molecule has 1 aliphatic rings. The van der Waals surface area contributed by atoms with E-state index < -0.39 is 5.63 Å². The average Bonchev–Trinajstić information content (AvgIpc) is 3.18. The first kappa shape index (κ1) is 19.3. The summed E-state index contributed by atoms with van der Waals surface area (Å²) in [5, 5.41) is 10.8. The van der Waals surface area contributed by atoms with E-state index in [1.54, 1.807) is 33.3 Å². The Morgan fingerprint density at radius 2 is 2.00 bits per heavy atom. The smallest absolute Gasteiger partial charge is 0.336 e. The van der Waals surface area contributed by atoms with E-state index in [1.165, 1.54) is 0 Å². The molecule has 0 aliphatic carbocycles. The van der Waals surface area contributed by atoms with Crippen molar-refractivity contribution >= 4 is 11.0 Å². The molecular formula is C23H25NO5. The normalized spacial score (nSPS) is 17.0. The van der Waals surface area contributed by atoms with Gasteiger partial charge in [-0.1, -0.05) is 6.07 Å². The van der Waals surface area contributed by atoms with Crippen LogP contribution >= 0.6 is 0 Å². The van der Waals surface area contributed by atoms with Crippen molar-refractivity contribution in [2.24, 2.45) is 0 Å². The van der Waals surface area contributed by atoms with Crippen molar-refractivity contribution in [2.45, 2.75) is 32.4 Å². The number of aromatic hydroxyl groups is 1. The molecule has 0 radical (unpaired) electrons. The third-order valence-electron chi connectivity index (χ3n) is 5.75. The molecule has 6 heteroatoms. The highest BCUT2D eigenvalue weighted by Gasteiger charge is 2.29. The second-order valence-corrected chi connectivity index (χ2v) is 7.41. The van der Waals surface area contributed by atoms with E-state index in [4.69, 9.17) is 13.9 Å². The Hall–Kier alpha value is -2.99. The van der Waals surface area contributed by atoms with Gasteiger partial charge in [-0.25, -0.2) is 4.79 Å². The Morgan fingerprint density at radius 3 is 2.76 bits per heavy atom. The molecule has 1 fully saturated rings. The topological polar surface area (TPSA) is 72.1 Å². The predicted molar refractivity (Wildman–Crippen MR) is 111 cm³/mol. The molecule has 1 atom stereocenters. The molecule has 0 unspecified atom stereocenters. The van der Waals surface area contributed by atoms with Crippen LogP contribution in [0, 0.1) is 6.92 Å². The van der Waals surface area contributed by atoms with Gasteiger partial charge in [0.1, 0.15) is 22.8 Å². The summed E-state index contributed by atoms with van der Waals surface area (Å²) in [6, 6.07) is 11.1. The number of hydrogen-bond acceptors (Lipinski definition) is 6. The standard InChI is InChI=1S/C23H25NO5/c1-14-20(25)9-8-17-15(11-22(26)29-23(14)17)13-24-10-4-5-19(24)18-7-6-16(27-2)12-21(18)28-3/h6-9,11-12,19,25H,4-5,10,13H2,1-3H3/t19-/m1/s1.